The van der Waals surface area contributed by atoms with Crippen LogP contribution in [0.5, 0.6) is 11.5 Å². The van der Waals surface area contributed by atoms with Crippen LogP contribution in [0.15, 0.2) is 66.0 Å². The van der Waals surface area contributed by atoms with E-state index in [1.807, 2.05) is 60.8 Å². The van der Waals surface area contributed by atoms with E-state index in [2.05, 4.69) is 32.6 Å². The van der Waals surface area contributed by atoms with E-state index < -0.39 is 11.8 Å². The smallest absolute Gasteiger partial charge is 0.309 e. The number of rotatable bonds is 9. The fraction of sp³-hybridized carbons (Fsp3) is 0.357. The summed E-state index contributed by atoms with van der Waals surface area (Å²) in [6.07, 6.45) is 0. The average molecular weight is 523 g/mol. The monoisotopic (exact) mass is 522 g/mol. The minimum Gasteiger partial charge on any atom is -0.497 e. The van der Waals surface area contributed by atoms with Crippen LogP contribution in [0.2, 0.25) is 0 Å². The standard InChI is InChI=1S/C28H34N4O4S/c1-20(30-28(34)27(33)29-19-21-10-12-22(35-2)13-11-21)26(25-9-6-18-37-25)32-16-14-31(15-17-32)23-7-4-5-8-24(23)36-3/h4-13,18,20,26H,14-17,19H2,1-3H3,(H,29,33)(H,30,34). The lowest BCUT2D eigenvalue weighted by molar-refractivity contribution is -0.140. The van der Waals surface area contributed by atoms with Gasteiger partial charge >= 0.3 is 11.8 Å². The first-order chi connectivity index (χ1) is 18.0. The number of para-hydroxylation sites is 2. The lowest BCUT2D eigenvalue weighted by atomic mass is 10.0. The first-order valence-corrected chi connectivity index (χ1v) is 13.2. The van der Waals surface area contributed by atoms with Crippen LogP contribution in [0.4, 0.5) is 5.69 Å². The SMILES string of the molecule is COc1ccc(CNC(=O)C(=O)NC(C)C(c2cccs2)N2CCN(c3ccccc3OC)CC2)cc1. The van der Waals surface area contributed by atoms with Gasteiger partial charge in [0, 0.05) is 43.6 Å². The Bertz CT molecular complexity index is 1160. The van der Waals surface area contributed by atoms with Gasteiger partial charge in [0.15, 0.2) is 0 Å². The van der Waals surface area contributed by atoms with Gasteiger partial charge in [0.25, 0.3) is 0 Å². The highest BCUT2D eigenvalue weighted by Crippen LogP contribution is 2.32. The minimum absolute atomic E-state index is 0.0295. The molecule has 2 amide bonds. The Labute approximate surface area is 222 Å². The van der Waals surface area contributed by atoms with E-state index in [4.69, 9.17) is 9.47 Å². The van der Waals surface area contributed by atoms with Crippen LogP contribution in [0, 0.1) is 0 Å². The van der Waals surface area contributed by atoms with Gasteiger partial charge in [-0.05, 0) is 48.2 Å². The number of ether oxygens (including phenoxy) is 2. The van der Waals surface area contributed by atoms with Crippen molar-refractivity contribution in [3.05, 3.63) is 76.5 Å². The second-order valence-electron chi connectivity index (χ2n) is 8.95. The summed E-state index contributed by atoms with van der Waals surface area (Å²) in [5.41, 5.74) is 1.98. The molecule has 4 rings (SSSR count). The zero-order valence-corrected chi connectivity index (χ0v) is 22.3. The number of carbonyl (C=O) groups is 2. The minimum atomic E-state index is -0.645. The van der Waals surface area contributed by atoms with E-state index in [1.54, 1.807) is 25.6 Å². The second kappa shape index (κ2) is 12.6. The fourth-order valence-electron chi connectivity index (χ4n) is 4.69. The molecule has 196 valence electrons. The fourth-order valence-corrected chi connectivity index (χ4v) is 5.66. The van der Waals surface area contributed by atoms with Crippen molar-refractivity contribution in [2.24, 2.45) is 0 Å². The molecule has 37 heavy (non-hydrogen) atoms. The summed E-state index contributed by atoms with van der Waals surface area (Å²) >= 11 is 1.66. The molecule has 2 heterocycles. The molecular formula is C28H34N4O4S. The van der Waals surface area contributed by atoms with Crippen LogP contribution in [0.25, 0.3) is 0 Å². The highest BCUT2D eigenvalue weighted by atomic mass is 32.1. The Morgan fingerprint density at radius 3 is 2.30 bits per heavy atom. The summed E-state index contributed by atoms with van der Waals surface area (Å²) in [6.45, 7) is 5.56. The molecule has 2 N–H and O–H groups in total. The van der Waals surface area contributed by atoms with Crippen LogP contribution < -0.4 is 25.0 Å². The summed E-state index contributed by atoms with van der Waals surface area (Å²) in [7, 11) is 3.30. The van der Waals surface area contributed by atoms with Gasteiger partial charge in [-0.3, -0.25) is 14.5 Å². The summed E-state index contributed by atoms with van der Waals surface area (Å²) in [4.78, 5) is 31.2. The maximum atomic E-state index is 12.8. The quantitative estimate of drug-likeness (QED) is 0.419. The van der Waals surface area contributed by atoms with Crippen molar-refractivity contribution < 1.29 is 19.1 Å². The predicted molar refractivity (Wildman–Crippen MR) is 146 cm³/mol. The van der Waals surface area contributed by atoms with Crippen molar-refractivity contribution in [2.45, 2.75) is 25.6 Å². The molecule has 0 saturated carbocycles. The normalized spacial score (nSPS) is 15.5. The summed E-state index contributed by atoms with van der Waals surface area (Å²) < 4.78 is 10.7. The second-order valence-corrected chi connectivity index (χ2v) is 9.93. The number of hydrogen-bond donors (Lipinski definition) is 2. The molecule has 0 spiro atoms. The van der Waals surface area contributed by atoms with Gasteiger partial charge in [0.05, 0.1) is 25.9 Å². The largest absolute Gasteiger partial charge is 0.497 e. The molecular weight excluding hydrogens is 488 g/mol. The Morgan fingerprint density at radius 2 is 1.65 bits per heavy atom. The molecule has 0 bridgehead atoms. The summed E-state index contributed by atoms with van der Waals surface area (Å²) in [5, 5.41) is 7.69. The zero-order valence-electron chi connectivity index (χ0n) is 21.5. The lowest BCUT2D eigenvalue weighted by Gasteiger charge is -2.42. The van der Waals surface area contributed by atoms with Crippen molar-refractivity contribution in [1.29, 1.82) is 0 Å². The van der Waals surface area contributed by atoms with Gasteiger partial charge in [-0.15, -0.1) is 11.3 Å². The van der Waals surface area contributed by atoms with Gasteiger partial charge in [-0.25, -0.2) is 0 Å². The number of nitrogens with one attached hydrogen (secondary N) is 2. The van der Waals surface area contributed by atoms with Crippen molar-refractivity contribution >= 4 is 28.8 Å². The molecule has 0 aliphatic carbocycles. The number of thiophene rings is 1. The lowest BCUT2D eigenvalue weighted by Crippen LogP contribution is -2.53. The molecule has 1 aliphatic rings. The molecule has 1 fully saturated rings. The molecule has 1 aromatic heterocycles. The van der Waals surface area contributed by atoms with Crippen molar-refractivity contribution in [3.63, 3.8) is 0 Å². The Morgan fingerprint density at radius 1 is 0.919 bits per heavy atom. The van der Waals surface area contributed by atoms with Crippen molar-refractivity contribution in [1.82, 2.24) is 15.5 Å². The first kappa shape index (κ1) is 26.5. The van der Waals surface area contributed by atoms with Crippen LogP contribution in [0.3, 0.4) is 0 Å². The maximum Gasteiger partial charge on any atom is 0.309 e. The molecule has 9 heteroatoms. The third-order valence-electron chi connectivity index (χ3n) is 6.62. The van der Waals surface area contributed by atoms with Crippen LogP contribution in [0.1, 0.15) is 23.4 Å². The molecule has 0 radical (unpaired) electrons. The average Bonchev–Trinajstić information content (AvgIpc) is 3.46. The number of hydrogen-bond acceptors (Lipinski definition) is 7. The van der Waals surface area contributed by atoms with E-state index >= 15 is 0 Å². The molecule has 1 aliphatic heterocycles. The molecule has 3 aromatic rings. The topological polar surface area (TPSA) is 83.1 Å². The van der Waals surface area contributed by atoms with E-state index in [-0.39, 0.29) is 18.6 Å². The maximum absolute atomic E-state index is 12.8. The Balaban J connectivity index is 1.36. The number of piperazine rings is 1. The molecule has 1 saturated heterocycles. The van der Waals surface area contributed by atoms with Gasteiger partial charge in [-0.1, -0.05) is 30.3 Å². The molecule has 2 aromatic carbocycles. The number of nitrogens with zero attached hydrogens (tertiary/aromatic N) is 2. The zero-order chi connectivity index (χ0) is 26.2. The van der Waals surface area contributed by atoms with E-state index in [9.17, 15) is 9.59 Å². The molecule has 8 nitrogen and oxygen atoms in total. The number of benzene rings is 2. The van der Waals surface area contributed by atoms with Gasteiger partial charge in [-0.2, -0.15) is 0 Å². The van der Waals surface area contributed by atoms with E-state index in [1.165, 1.54) is 0 Å². The Hall–Kier alpha value is -3.56. The first-order valence-electron chi connectivity index (χ1n) is 12.4. The van der Waals surface area contributed by atoms with Gasteiger partial charge in [0.2, 0.25) is 0 Å². The highest BCUT2D eigenvalue weighted by Gasteiger charge is 2.32. The number of amides is 2. The summed E-state index contributed by atoms with van der Waals surface area (Å²) in [6, 6.07) is 19.3. The van der Waals surface area contributed by atoms with Crippen LogP contribution >= 0.6 is 11.3 Å². The molecule has 2 unspecified atom stereocenters. The Kier molecular flexibility index (Phi) is 9.03. The number of anilines is 1. The van der Waals surface area contributed by atoms with Gasteiger partial charge in [0.1, 0.15) is 11.5 Å². The third-order valence-corrected chi connectivity index (χ3v) is 7.56. The van der Waals surface area contributed by atoms with E-state index in [0.29, 0.717) is 0 Å². The predicted octanol–water partition coefficient (Wildman–Crippen LogP) is 3.45. The summed E-state index contributed by atoms with van der Waals surface area (Å²) in [5.74, 6) is 0.334. The van der Waals surface area contributed by atoms with Crippen LogP contribution in [-0.4, -0.2) is 63.2 Å². The molecule has 2 atom stereocenters. The highest BCUT2D eigenvalue weighted by molar-refractivity contribution is 7.10. The number of carbonyl (C=O) groups excluding carboxylic acids is 2. The van der Waals surface area contributed by atoms with Crippen molar-refractivity contribution in [3.8, 4) is 11.5 Å². The number of methoxy groups -OCH3 is 2. The van der Waals surface area contributed by atoms with Crippen molar-refractivity contribution in [2.75, 3.05) is 45.3 Å². The van der Waals surface area contributed by atoms with E-state index in [0.717, 1.165) is 53.8 Å². The van der Waals surface area contributed by atoms with Gasteiger partial charge < -0.3 is 25.0 Å². The third kappa shape index (κ3) is 6.61. The van der Waals surface area contributed by atoms with Crippen LogP contribution in [-0.2, 0) is 16.1 Å².